The van der Waals surface area contributed by atoms with Crippen molar-refractivity contribution in [3.63, 3.8) is 0 Å². The summed E-state index contributed by atoms with van der Waals surface area (Å²) in [5, 5.41) is 13.5. The van der Waals surface area contributed by atoms with Crippen LogP contribution in [0.2, 0.25) is 5.02 Å². The lowest BCUT2D eigenvalue weighted by atomic mass is 9.95. The van der Waals surface area contributed by atoms with Gasteiger partial charge in [0.15, 0.2) is 0 Å². The number of benzene rings is 3. The molecule has 0 heterocycles. The van der Waals surface area contributed by atoms with E-state index in [1.54, 1.807) is 0 Å². The van der Waals surface area contributed by atoms with E-state index >= 15 is 0 Å². The van der Waals surface area contributed by atoms with Gasteiger partial charge in [0, 0.05) is 10.8 Å². The third-order valence-corrected chi connectivity index (χ3v) is 4.07. The van der Waals surface area contributed by atoms with Gasteiger partial charge in [0.2, 0.25) is 0 Å². The van der Waals surface area contributed by atoms with Gasteiger partial charge >= 0.3 is 5.97 Å². The van der Waals surface area contributed by atoms with Crippen molar-refractivity contribution in [2.45, 2.75) is 13.3 Å². The van der Waals surface area contributed by atoms with Crippen LogP contribution in [0.25, 0.3) is 21.5 Å². The molecule has 0 aliphatic carbocycles. The second-order valence-electron chi connectivity index (χ2n) is 4.77. The van der Waals surface area contributed by atoms with Crippen LogP contribution >= 0.6 is 11.6 Å². The van der Waals surface area contributed by atoms with Crippen LogP contribution < -0.4 is 0 Å². The van der Waals surface area contributed by atoms with E-state index < -0.39 is 5.97 Å². The second kappa shape index (κ2) is 4.80. The Morgan fingerprint density at radius 2 is 1.85 bits per heavy atom. The molecule has 3 aromatic rings. The van der Waals surface area contributed by atoms with E-state index in [1.807, 2.05) is 49.4 Å². The number of aromatic carboxylic acids is 1. The molecule has 3 rings (SSSR count). The van der Waals surface area contributed by atoms with Crippen LogP contribution in [0.4, 0.5) is 0 Å². The first-order valence-corrected chi connectivity index (χ1v) is 6.87. The number of fused-ring (bicyclic) bond motifs is 2. The van der Waals surface area contributed by atoms with E-state index in [1.165, 1.54) is 0 Å². The quantitative estimate of drug-likeness (QED) is 0.679. The van der Waals surface area contributed by atoms with E-state index in [4.69, 9.17) is 11.6 Å². The Morgan fingerprint density at radius 3 is 2.55 bits per heavy atom. The summed E-state index contributed by atoms with van der Waals surface area (Å²) in [5.41, 5.74) is 1.19. The third-order valence-electron chi connectivity index (χ3n) is 3.66. The minimum Gasteiger partial charge on any atom is -0.478 e. The van der Waals surface area contributed by atoms with Gasteiger partial charge in [-0.2, -0.15) is 0 Å². The van der Waals surface area contributed by atoms with Crippen LogP contribution in [-0.4, -0.2) is 11.1 Å². The van der Waals surface area contributed by atoms with Crippen molar-refractivity contribution in [1.29, 1.82) is 0 Å². The van der Waals surface area contributed by atoms with Crippen molar-refractivity contribution < 1.29 is 9.90 Å². The summed E-state index contributed by atoms with van der Waals surface area (Å²) in [6.45, 7) is 1.95. The van der Waals surface area contributed by atoms with Crippen molar-refractivity contribution in [3.05, 3.63) is 58.6 Å². The first-order chi connectivity index (χ1) is 9.63. The fourth-order valence-corrected chi connectivity index (χ4v) is 3.01. The van der Waals surface area contributed by atoms with Gasteiger partial charge in [-0.1, -0.05) is 54.9 Å². The van der Waals surface area contributed by atoms with Crippen molar-refractivity contribution in [2.75, 3.05) is 0 Å². The van der Waals surface area contributed by atoms with E-state index in [9.17, 15) is 9.90 Å². The van der Waals surface area contributed by atoms with Crippen molar-refractivity contribution in [2.24, 2.45) is 0 Å². The lowest BCUT2D eigenvalue weighted by Crippen LogP contribution is -2.03. The Kier molecular flexibility index (Phi) is 3.11. The summed E-state index contributed by atoms with van der Waals surface area (Å²) in [6, 6.07) is 13.4. The van der Waals surface area contributed by atoms with Crippen LogP contribution in [0.5, 0.6) is 0 Å². The zero-order valence-electron chi connectivity index (χ0n) is 11.0. The molecule has 0 atom stereocenters. The Morgan fingerprint density at radius 1 is 1.10 bits per heavy atom. The molecule has 0 radical (unpaired) electrons. The zero-order valence-corrected chi connectivity index (χ0v) is 11.7. The Labute approximate surface area is 121 Å². The average molecular weight is 285 g/mol. The summed E-state index contributed by atoms with van der Waals surface area (Å²) in [6.07, 6.45) is 0.683. The first kappa shape index (κ1) is 12.9. The van der Waals surface area contributed by atoms with Gasteiger partial charge in [0.25, 0.3) is 0 Å². The highest BCUT2D eigenvalue weighted by Crippen LogP contribution is 2.35. The maximum atomic E-state index is 11.6. The summed E-state index contributed by atoms with van der Waals surface area (Å²) in [4.78, 5) is 11.6. The predicted octanol–water partition coefficient (Wildman–Crippen LogP) is 4.91. The standard InChI is InChI=1S/C17H13ClO2/c1-2-10-7-8-13-14(15(10)17(19)20)9-11-5-3-4-6-12(11)16(13)18/h3-9H,2H2,1H3,(H,19,20). The predicted molar refractivity (Wildman–Crippen MR) is 82.8 cm³/mol. The van der Waals surface area contributed by atoms with E-state index in [0.29, 0.717) is 22.4 Å². The van der Waals surface area contributed by atoms with Gasteiger partial charge in [0.05, 0.1) is 10.6 Å². The van der Waals surface area contributed by atoms with Crippen LogP contribution in [-0.2, 0) is 6.42 Å². The monoisotopic (exact) mass is 284 g/mol. The summed E-state index contributed by atoms with van der Waals surface area (Å²) < 4.78 is 0. The van der Waals surface area contributed by atoms with Crippen molar-refractivity contribution in [3.8, 4) is 0 Å². The SMILES string of the molecule is CCc1ccc2c(Cl)c3ccccc3cc2c1C(=O)O. The number of hydrogen-bond acceptors (Lipinski definition) is 1. The molecule has 0 aromatic heterocycles. The van der Waals surface area contributed by atoms with Crippen molar-refractivity contribution in [1.82, 2.24) is 0 Å². The lowest BCUT2D eigenvalue weighted by molar-refractivity contribution is 0.0698. The van der Waals surface area contributed by atoms with Gasteiger partial charge in [0.1, 0.15) is 0 Å². The van der Waals surface area contributed by atoms with Gasteiger partial charge in [-0.3, -0.25) is 0 Å². The number of carboxylic acid groups (broad SMARTS) is 1. The van der Waals surface area contributed by atoms with E-state index in [2.05, 4.69) is 0 Å². The fraction of sp³-hybridized carbons (Fsp3) is 0.118. The molecular formula is C17H13ClO2. The van der Waals surface area contributed by atoms with Crippen LogP contribution in [0.1, 0.15) is 22.8 Å². The molecule has 0 spiro atoms. The molecule has 0 aliphatic heterocycles. The Hall–Kier alpha value is -2.06. The number of carboxylic acids is 1. The average Bonchev–Trinajstić information content (AvgIpc) is 2.46. The molecule has 2 nitrogen and oxygen atoms in total. The van der Waals surface area contributed by atoms with Gasteiger partial charge in [-0.25, -0.2) is 4.79 Å². The molecule has 0 saturated heterocycles. The molecular weight excluding hydrogens is 272 g/mol. The molecule has 20 heavy (non-hydrogen) atoms. The van der Waals surface area contributed by atoms with Crippen LogP contribution in [0.3, 0.4) is 0 Å². The topological polar surface area (TPSA) is 37.3 Å². The highest BCUT2D eigenvalue weighted by Gasteiger charge is 2.16. The smallest absolute Gasteiger partial charge is 0.336 e. The van der Waals surface area contributed by atoms with Crippen molar-refractivity contribution >= 4 is 39.1 Å². The van der Waals surface area contributed by atoms with E-state index in [0.717, 1.165) is 21.7 Å². The number of carbonyl (C=O) groups is 1. The largest absolute Gasteiger partial charge is 0.478 e. The molecule has 3 aromatic carbocycles. The zero-order chi connectivity index (χ0) is 14.3. The first-order valence-electron chi connectivity index (χ1n) is 6.49. The molecule has 0 amide bonds. The molecule has 100 valence electrons. The molecule has 0 bridgehead atoms. The minimum absolute atomic E-state index is 0.359. The highest BCUT2D eigenvalue weighted by atomic mass is 35.5. The summed E-state index contributed by atoms with van der Waals surface area (Å²) in [5.74, 6) is -0.904. The maximum absolute atomic E-state index is 11.6. The Bertz CT molecular complexity index is 837. The molecule has 0 fully saturated rings. The molecule has 0 unspecified atom stereocenters. The van der Waals surface area contributed by atoms with Crippen LogP contribution in [0.15, 0.2) is 42.5 Å². The van der Waals surface area contributed by atoms with Gasteiger partial charge in [-0.15, -0.1) is 0 Å². The second-order valence-corrected chi connectivity index (χ2v) is 5.14. The minimum atomic E-state index is -0.904. The van der Waals surface area contributed by atoms with Gasteiger partial charge in [-0.05, 0) is 28.8 Å². The Balaban J connectivity index is 2.54. The van der Waals surface area contributed by atoms with Gasteiger partial charge < -0.3 is 5.11 Å². The maximum Gasteiger partial charge on any atom is 0.336 e. The molecule has 0 saturated carbocycles. The molecule has 3 heteroatoms. The molecule has 0 aliphatic rings. The third kappa shape index (κ3) is 1.84. The summed E-state index contributed by atoms with van der Waals surface area (Å²) in [7, 11) is 0. The number of hydrogen-bond donors (Lipinski definition) is 1. The number of halogens is 1. The highest BCUT2D eigenvalue weighted by molar-refractivity contribution is 6.41. The normalized spacial score (nSPS) is 11.1. The molecule has 1 N–H and O–H groups in total. The number of aryl methyl sites for hydroxylation is 1. The number of rotatable bonds is 2. The van der Waals surface area contributed by atoms with Crippen LogP contribution in [0, 0.1) is 0 Å². The van der Waals surface area contributed by atoms with E-state index in [-0.39, 0.29) is 0 Å². The summed E-state index contributed by atoms with van der Waals surface area (Å²) >= 11 is 6.45. The fourth-order valence-electron chi connectivity index (χ4n) is 2.68. The lowest BCUT2D eigenvalue weighted by Gasteiger charge is -2.11.